The van der Waals surface area contributed by atoms with Crippen LogP contribution in [-0.2, 0) is 4.79 Å². The Morgan fingerprint density at radius 2 is 2.83 bits per heavy atom. The molecule has 0 rings (SSSR count). The SMILES string of the molecule is [2H]C([2H])[C@@]([2H])(O)C(=O)O. The Morgan fingerprint density at radius 1 is 2.33 bits per heavy atom. The van der Waals surface area contributed by atoms with E-state index in [-0.39, 0.29) is 0 Å². The Hall–Kier alpha value is -0.570. The second-order valence-electron chi connectivity index (χ2n) is 0.690. The molecule has 0 unspecified atom stereocenters. The van der Waals surface area contributed by atoms with Gasteiger partial charge in [0.1, 0.15) is 6.08 Å². The molecular formula is C3H6O3. The number of carboxylic acids is 1. The summed E-state index contributed by atoms with van der Waals surface area (Å²) in [5, 5.41) is 16.3. The summed E-state index contributed by atoms with van der Waals surface area (Å²) in [5.41, 5.74) is 0. The number of hydrogen-bond donors (Lipinski definition) is 2. The minimum atomic E-state index is -3.00. The van der Waals surface area contributed by atoms with Crippen molar-refractivity contribution in [3.8, 4) is 0 Å². The van der Waals surface area contributed by atoms with Crippen LogP contribution in [0.5, 0.6) is 0 Å². The van der Waals surface area contributed by atoms with Gasteiger partial charge in [-0.1, -0.05) is 0 Å². The lowest BCUT2D eigenvalue weighted by Gasteiger charge is -1.89. The van der Waals surface area contributed by atoms with Crippen LogP contribution in [0.1, 0.15) is 11.0 Å². The lowest BCUT2D eigenvalue weighted by molar-refractivity contribution is -0.145. The van der Waals surface area contributed by atoms with E-state index in [1.807, 2.05) is 0 Å². The number of aliphatic carboxylic acids is 1. The highest BCUT2D eigenvalue weighted by atomic mass is 16.4. The first-order valence-electron chi connectivity index (χ1n) is 2.84. The quantitative estimate of drug-likeness (QED) is 0.457. The molecule has 0 aromatic carbocycles. The van der Waals surface area contributed by atoms with Gasteiger partial charge in [0.05, 0.1) is 1.37 Å². The summed E-state index contributed by atoms with van der Waals surface area (Å²) in [6, 6.07) is 0. The second-order valence-corrected chi connectivity index (χ2v) is 0.690. The zero-order chi connectivity index (χ0) is 7.65. The molecule has 0 saturated heterocycles. The molecule has 0 aliphatic heterocycles. The van der Waals surface area contributed by atoms with Gasteiger partial charge in [-0.05, 0) is 6.88 Å². The molecule has 0 aromatic rings. The molecular weight excluding hydrogens is 84.0 g/mol. The fraction of sp³-hybridized carbons (Fsp3) is 0.667. The summed E-state index contributed by atoms with van der Waals surface area (Å²) in [6.07, 6.45) is -3.00. The van der Waals surface area contributed by atoms with Crippen LogP contribution in [-0.4, -0.2) is 22.3 Å². The number of hydrogen-bond acceptors (Lipinski definition) is 2. The maximum absolute atomic E-state index is 9.78. The summed E-state index contributed by atoms with van der Waals surface area (Å²) in [7, 11) is 0. The van der Waals surface area contributed by atoms with E-state index in [1.165, 1.54) is 0 Å². The normalized spacial score (nSPS) is 26.7. The molecule has 0 saturated carbocycles. The van der Waals surface area contributed by atoms with Gasteiger partial charge in [0.25, 0.3) is 0 Å². The van der Waals surface area contributed by atoms with Crippen molar-refractivity contribution in [1.29, 1.82) is 0 Å². The third-order valence-corrected chi connectivity index (χ3v) is 0.219. The van der Waals surface area contributed by atoms with Gasteiger partial charge in [0.15, 0.2) is 0 Å². The van der Waals surface area contributed by atoms with E-state index >= 15 is 0 Å². The van der Waals surface area contributed by atoms with E-state index in [4.69, 9.17) is 14.3 Å². The van der Waals surface area contributed by atoms with E-state index in [0.717, 1.165) is 0 Å². The van der Waals surface area contributed by atoms with Crippen molar-refractivity contribution in [2.24, 2.45) is 0 Å². The minimum absolute atomic E-state index is 1.88. The molecule has 1 atom stereocenters. The van der Waals surface area contributed by atoms with Crippen molar-refractivity contribution in [1.82, 2.24) is 0 Å². The summed E-state index contributed by atoms with van der Waals surface area (Å²) in [6.45, 7) is -2.09. The average molecular weight is 93.1 g/mol. The standard InChI is InChI=1S/C3H6O3/c1-2(4)3(5)6/h2,4H,1H3,(H,5,6)/t2-/m1/s1/i1D2,2D. The largest absolute Gasteiger partial charge is 0.479 e. The molecule has 0 heterocycles. The predicted molar refractivity (Wildman–Crippen MR) is 19.3 cm³/mol. The van der Waals surface area contributed by atoms with Crippen LogP contribution in [0.2, 0.25) is 0 Å². The van der Waals surface area contributed by atoms with Crippen LogP contribution in [0.4, 0.5) is 0 Å². The van der Waals surface area contributed by atoms with Crippen molar-refractivity contribution in [2.45, 2.75) is 13.0 Å². The highest BCUT2D eigenvalue weighted by Crippen LogP contribution is 1.73. The van der Waals surface area contributed by atoms with E-state index in [2.05, 4.69) is 0 Å². The highest BCUT2D eigenvalue weighted by molar-refractivity contribution is 5.71. The van der Waals surface area contributed by atoms with Crippen molar-refractivity contribution < 1.29 is 19.1 Å². The topological polar surface area (TPSA) is 57.5 Å². The van der Waals surface area contributed by atoms with Gasteiger partial charge in [0.2, 0.25) is 0 Å². The van der Waals surface area contributed by atoms with Gasteiger partial charge in [-0.25, -0.2) is 4.79 Å². The molecule has 3 nitrogen and oxygen atoms in total. The van der Waals surface area contributed by atoms with Crippen molar-refractivity contribution in [2.75, 3.05) is 0 Å². The summed E-state index contributed by atoms with van der Waals surface area (Å²) in [5.74, 6) is -1.88. The lowest BCUT2D eigenvalue weighted by Crippen LogP contribution is -2.13. The first kappa shape index (κ1) is 1.93. The Morgan fingerprint density at radius 3 is 2.83 bits per heavy atom. The van der Waals surface area contributed by atoms with E-state index < -0.39 is 18.9 Å². The Kier molecular flexibility index (Phi) is 0.569. The van der Waals surface area contributed by atoms with Crippen molar-refractivity contribution in [3.63, 3.8) is 0 Å². The molecule has 0 radical (unpaired) electrons. The van der Waals surface area contributed by atoms with Gasteiger partial charge in [-0.15, -0.1) is 0 Å². The molecule has 6 heavy (non-hydrogen) atoms. The Balaban J connectivity index is 4.19. The van der Waals surface area contributed by atoms with Crippen LogP contribution in [0.15, 0.2) is 0 Å². The maximum atomic E-state index is 9.78. The molecule has 0 fully saturated rings. The molecule has 0 bridgehead atoms. The van der Waals surface area contributed by atoms with Crippen LogP contribution in [0.3, 0.4) is 0 Å². The van der Waals surface area contributed by atoms with Gasteiger partial charge < -0.3 is 10.2 Å². The third kappa shape index (κ3) is 1.72. The first-order chi connectivity index (χ1) is 3.89. The van der Waals surface area contributed by atoms with Crippen LogP contribution < -0.4 is 0 Å². The molecule has 0 aromatic heterocycles. The summed E-state index contributed by atoms with van der Waals surface area (Å²) in [4.78, 5) is 9.78. The average Bonchev–Trinajstić information content (AvgIpc) is 1.65. The van der Waals surface area contributed by atoms with Crippen LogP contribution >= 0.6 is 0 Å². The number of carboxylic acid groups (broad SMARTS) is 1. The first-order valence-corrected chi connectivity index (χ1v) is 1.19. The maximum Gasteiger partial charge on any atom is 0.332 e. The zero-order valence-electron chi connectivity index (χ0n) is 5.88. The molecule has 0 spiro atoms. The highest BCUT2D eigenvalue weighted by Gasteiger charge is 2.01. The minimum Gasteiger partial charge on any atom is -0.479 e. The van der Waals surface area contributed by atoms with Gasteiger partial charge >= 0.3 is 5.97 Å². The Bertz CT molecular complexity index is 121. The monoisotopic (exact) mass is 93.1 g/mol. The number of rotatable bonds is 1. The molecule has 36 valence electrons. The molecule has 0 amide bonds. The smallest absolute Gasteiger partial charge is 0.332 e. The van der Waals surface area contributed by atoms with Crippen LogP contribution in [0, 0.1) is 0 Å². The lowest BCUT2D eigenvalue weighted by atomic mass is 10.4. The summed E-state index contributed by atoms with van der Waals surface area (Å²) < 4.78 is 19.1. The molecule has 0 aliphatic carbocycles. The predicted octanol–water partition coefficient (Wildman–Crippen LogP) is -0.548. The summed E-state index contributed by atoms with van der Waals surface area (Å²) >= 11 is 0. The fourth-order valence-corrected chi connectivity index (χ4v) is 0. The van der Waals surface area contributed by atoms with Crippen LogP contribution in [0.25, 0.3) is 0 Å². The van der Waals surface area contributed by atoms with E-state index in [9.17, 15) is 4.79 Å². The molecule has 2 N–H and O–H groups in total. The second kappa shape index (κ2) is 1.77. The third-order valence-electron chi connectivity index (χ3n) is 0.219. The van der Waals surface area contributed by atoms with Gasteiger partial charge in [0, 0.05) is 2.74 Å². The van der Waals surface area contributed by atoms with Gasteiger partial charge in [-0.2, -0.15) is 0 Å². The molecule has 0 aliphatic rings. The van der Waals surface area contributed by atoms with Crippen molar-refractivity contribution >= 4 is 5.97 Å². The number of aliphatic hydroxyl groups is 1. The fourth-order valence-electron chi connectivity index (χ4n) is 0. The zero-order valence-corrected chi connectivity index (χ0v) is 2.88. The Labute approximate surface area is 39.4 Å². The van der Waals surface area contributed by atoms with Crippen molar-refractivity contribution in [3.05, 3.63) is 0 Å². The van der Waals surface area contributed by atoms with E-state index in [1.54, 1.807) is 0 Å². The number of carbonyl (C=O) groups is 1. The van der Waals surface area contributed by atoms with Gasteiger partial charge in [-0.3, -0.25) is 0 Å². The van der Waals surface area contributed by atoms with E-state index in [0.29, 0.717) is 0 Å². The molecule has 3 heteroatoms.